The molecule has 0 aliphatic carbocycles. The highest BCUT2D eigenvalue weighted by atomic mass is 16.5. The molecule has 7 heteroatoms. The summed E-state index contributed by atoms with van der Waals surface area (Å²) in [4.78, 5) is 24.9. The second-order valence-electron chi connectivity index (χ2n) is 3.99. The van der Waals surface area contributed by atoms with Gasteiger partial charge in [-0.25, -0.2) is 4.79 Å². The van der Waals surface area contributed by atoms with E-state index in [1.807, 2.05) is 20.8 Å². The molecule has 0 fully saturated rings. The van der Waals surface area contributed by atoms with Gasteiger partial charge in [0, 0.05) is 18.7 Å². The van der Waals surface area contributed by atoms with Crippen LogP contribution in [0.2, 0.25) is 0 Å². The van der Waals surface area contributed by atoms with Gasteiger partial charge < -0.3 is 20.1 Å². The Bertz CT molecular complexity index is 389. The maximum absolute atomic E-state index is 11.7. The van der Waals surface area contributed by atoms with E-state index >= 15 is 0 Å². The van der Waals surface area contributed by atoms with Gasteiger partial charge >= 0.3 is 6.03 Å². The van der Waals surface area contributed by atoms with Crippen LogP contribution >= 0.6 is 0 Å². The summed E-state index contributed by atoms with van der Waals surface area (Å²) in [6.45, 7) is 6.01. The lowest BCUT2D eigenvalue weighted by Gasteiger charge is -2.25. The monoisotopic (exact) mass is 254 g/mol. The van der Waals surface area contributed by atoms with Gasteiger partial charge in [0.1, 0.15) is 12.8 Å². The highest BCUT2D eigenvalue weighted by Crippen LogP contribution is 2.03. The lowest BCUT2D eigenvalue weighted by molar-refractivity contribution is -0.117. The Morgan fingerprint density at radius 3 is 2.72 bits per heavy atom. The number of amides is 3. The second kappa shape index (κ2) is 6.63. The summed E-state index contributed by atoms with van der Waals surface area (Å²) in [5.74, 6) is 0.0171. The third-order valence-electron chi connectivity index (χ3n) is 2.23. The van der Waals surface area contributed by atoms with Crippen LogP contribution in [-0.2, 0) is 4.79 Å². The molecule has 0 radical (unpaired) electrons. The quantitative estimate of drug-likeness (QED) is 0.822. The van der Waals surface area contributed by atoms with Crippen LogP contribution in [0.4, 0.5) is 10.6 Å². The van der Waals surface area contributed by atoms with Crippen molar-refractivity contribution in [2.45, 2.75) is 26.8 Å². The summed E-state index contributed by atoms with van der Waals surface area (Å²) >= 11 is 0. The number of nitrogens with one attached hydrogen (secondary N) is 2. The largest absolute Gasteiger partial charge is 0.363 e. The van der Waals surface area contributed by atoms with Crippen molar-refractivity contribution in [2.24, 2.45) is 0 Å². The number of anilines is 1. The Hall–Kier alpha value is -2.05. The van der Waals surface area contributed by atoms with Crippen LogP contribution in [0.15, 0.2) is 16.9 Å². The molecule has 1 heterocycles. The molecular formula is C11H18N4O3. The molecule has 18 heavy (non-hydrogen) atoms. The van der Waals surface area contributed by atoms with E-state index in [1.165, 1.54) is 17.2 Å². The van der Waals surface area contributed by atoms with Gasteiger partial charge in [-0.15, -0.1) is 0 Å². The summed E-state index contributed by atoms with van der Waals surface area (Å²) in [7, 11) is 0. The van der Waals surface area contributed by atoms with Crippen molar-refractivity contribution in [2.75, 3.05) is 18.4 Å². The molecule has 0 aromatic carbocycles. The standard InChI is InChI=1S/C11H18N4O3/c1-4-12-11(17)15(8(2)3)7-10(16)13-9-5-6-18-14-9/h5-6,8H,4,7H2,1-3H3,(H,12,17)(H,13,14,16). The molecule has 0 aliphatic rings. The van der Waals surface area contributed by atoms with E-state index in [9.17, 15) is 9.59 Å². The first-order valence-corrected chi connectivity index (χ1v) is 5.79. The van der Waals surface area contributed by atoms with Gasteiger partial charge in [-0.3, -0.25) is 4.79 Å². The van der Waals surface area contributed by atoms with Crippen LogP contribution in [0.25, 0.3) is 0 Å². The van der Waals surface area contributed by atoms with Crippen molar-refractivity contribution in [1.29, 1.82) is 0 Å². The molecule has 3 amide bonds. The topological polar surface area (TPSA) is 87.5 Å². The number of rotatable bonds is 5. The number of carbonyl (C=O) groups is 2. The Labute approximate surface area is 105 Å². The zero-order chi connectivity index (χ0) is 13.5. The van der Waals surface area contributed by atoms with Crippen LogP contribution < -0.4 is 10.6 Å². The maximum atomic E-state index is 11.7. The van der Waals surface area contributed by atoms with E-state index in [1.54, 1.807) is 0 Å². The zero-order valence-electron chi connectivity index (χ0n) is 10.8. The van der Waals surface area contributed by atoms with Gasteiger partial charge in [0.15, 0.2) is 5.82 Å². The Kier molecular flexibility index (Phi) is 5.16. The summed E-state index contributed by atoms with van der Waals surface area (Å²) in [6, 6.07) is 1.20. The number of hydrogen-bond donors (Lipinski definition) is 2. The fourth-order valence-corrected chi connectivity index (χ4v) is 1.36. The summed E-state index contributed by atoms with van der Waals surface area (Å²) in [5, 5.41) is 8.77. The normalized spacial score (nSPS) is 10.2. The molecule has 0 unspecified atom stereocenters. The average Bonchev–Trinajstić information content (AvgIpc) is 2.78. The fourth-order valence-electron chi connectivity index (χ4n) is 1.36. The minimum atomic E-state index is -0.316. The first kappa shape index (κ1) is 14.0. The predicted molar refractivity (Wildman–Crippen MR) is 66.0 cm³/mol. The van der Waals surface area contributed by atoms with Crippen molar-refractivity contribution in [3.63, 3.8) is 0 Å². The predicted octanol–water partition coefficient (Wildman–Crippen LogP) is 1.05. The molecule has 0 atom stereocenters. The lowest BCUT2D eigenvalue weighted by atomic mass is 10.3. The van der Waals surface area contributed by atoms with E-state index < -0.39 is 0 Å². The van der Waals surface area contributed by atoms with Crippen molar-refractivity contribution in [1.82, 2.24) is 15.4 Å². The Morgan fingerprint density at radius 2 is 2.22 bits per heavy atom. The van der Waals surface area contributed by atoms with Gasteiger partial charge in [0.05, 0.1) is 0 Å². The Balaban J connectivity index is 2.55. The van der Waals surface area contributed by atoms with E-state index in [-0.39, 0.29) is 24.5 Å². The average molecular weight is 254 g/mol. The van der Waals surface area contributed by atoms with Gasteiger partial charge in [-0.2, -0.15) is 0 Å². The number of hydrogen-bond acceptors (Lipinski definition) is 4. The van der Waals surface area contributed by atoms with Gasteiger partial charge in [-0.05, 0) is 20.8 Å². The minimum absolute atomic E-state index is 0.0314. The van der Waals surface area contributed by atoms with E-state index in [0.29, 0.717) is 12.4 Å². The fraction of sp³-hybridized carbons (Fsp3) is 0.545. The van der Waals surface area contributed by atoms with Crippen LogP contribution in [-0.4, -0.2) is 41.1 Å². The number of carbonyl (C=O) groups excluding carboxylic acids is 2. The molecule has 0 bridgehead atoms. The molecule has 100 valence electrons. The number of urea groups is 1. The highest BCUT2D eigenvalue weighted by molar-refractivity contribution is 5.93. The molecule has 7 nitrogen and oxygen atoms in total. The lowest BCUT2D eigenvalue weighted by Crippen LogP contribution is -2.47. The zero-order valence-corrected chi connectivity index (χ0v) is 10.8. The van der Waals surface area contributed by atoms with Gasteiger partial charge in [-0.1, -0.05) is 5.16 Å². The van der Waals surface area contributed by atoms with Crippen molar-refractivity contribution in [3.8, 4) is 0 Å². The summed E-state index contributed by atoms with van der Waals surface area (Å²) in [6.07, 6.45) is 1.36. The number of aromatic nitrogens is 1. The third-order valence-corrected chi connectivity index (χ3v) is 2.23. The molecular weight excluding hydrogens is 236 g/mol. The third kappa shape index (κ3) is 4.08. The highest BCUT2D eigenvalue weighted by Gasteiger charge is 2.19. The summed E-state index contributed by atoms with van der Waals surface area (Å²) in [5.41, 5.74) is 0. The van der Waals surface area contributed by atoms with E-state index in [4.69, 9.17) is 0 Å². The van der Waals surface area contributed by atoms with Crippen LogP contribution in [0.3, 0.4) is 0 Å². The van der Waals surface area contributed by atoms with Crippen LogP contribution in [0.1, 0.15) is 20.8 Å². The summed E-state index contributed by atoms with van der Waals surface area (Å²) < 4.78 is 4.60. The Morgan fingerprint density at radius 1 is 1.50 bits per heavy atom. The van der Waals surface area contributed by atoms with Crippen LogP contribution in [0.5, 0.6) is 0 Å². The minimum Gasteiger partial charge on any atom is -0.363 e. The molecule has 0 saturated heterocycles. The van der Waals surface area contributed by atoms with Gasteiger partial charge in [0.2, 0.25) is 5.91 Å². The first-order valence-electron chi connectivity index (χ1n) is 5.79. The molecule has 1 aromatic heterocycles. The SMILES string of the molecule is CCNC(=O)N(CC(=O)Nc1ccon1)C(C)C. The van der Waals surface area contributed by atoms with Crippen LogP contribution in [0, 0.1) is 0 Å². The van der Waals surface area contributed by atoms with Crippen molar-refractivity contribution >= 4 is 17.8 Å². The molecule has 1 rings (SSSR count). The smallest absolute Gasteiger partial charge is 0.318 e. The van der Waals surface area contributed by atoms with Gasteiger partial charge in [0.25, 0.3) is 0 Å². The molecule has 1 aromatic rings. The van der Waals surface area contributed by atoms with E-state index in [0.717, 1.165) is 0 Å². The van der Waals surface area contributed by atoms with Crippen molar-refractivity contribution in [3.05, 3.63) is 12.3 Å². The molecule has 0 aliphatic heterocycles. The van der Waals surface area contributed by atoms with Crippen molar-refractivity contribution < 1.29 is 14.1 Å². The molecule has 0 spiro atoms. The number of nitrogens with zero attached hydrogens (tertiary/aromatic N) is 2. The molecule has 2 N–H and O–H groups in total. The molecule has 0 saturated carbocycles. The van der Waals surface area contributed by atoms with E-state index in [2.05, 4.69) is 20.3 Å². The maximum Gasteiger partial charge on any atom is 0.318 e. The second-order valence-corrected chi connectivity index (χ2v) is 3.99. The first-order chi connectivity index (χ1) is 8.54.